The highest BCUT2D eigenvalue weighted by Gasteiger charge is 2.14. The summed E-state index contributed by atoms with van der Waals surface area (Å²) >= 11 is 5.33. The Labute approximate surface area is 158 Å². The molecular weight excluding hydrogens is 344 g/mol. The number of para-hydroxylation sites is 1. The van der Waals surface area contributed by atoms with Crippen LogP contribution in [-0.2, 0) is 5.41 Å². The number of methoxy groups -OCH3 is 1. The number of nitrogens with zero attached hydrogens (tertiary/aromatic N) is 3. The van der Waals surface area contributed by atoms with Gasteiger partial charge in [0.15, 0.2) is 5.82 Å². The molecule has 26 heavy (non-hydrogen) atoms. The van der Waals surface area contributed by atoms with Crippen LogP contribution in [0.1, 0.15) is 31.9 Å². The van der Waals surface area contributed by atoms with Crippen molar-refractivity contribution in [3.63, 3.8) is 0 Å². The number of aromatic amines is 1. The average Bonchev–Trinajstić information content (AvgIpc) is 3.00. The minimum Gasteiger partial charge on any atom is -0.496 e. The summed E-state index contributed by atoms with van der Waals surface area (Å²) in [5.41, 5.74) is 3.18. The average molecular weight is 366 g/mol. The first-order chi connectivity index (χ1) is 12.4. The second kappa shape index (κ2) is 7.25. The van der Waals surface area contributed by atoms with Crippen LogP contribution in [-0.4, -0.2) is 28.2 Å². The van der Waals surface area contributed by atoms with E-state index in [-0.39, 0.29) is 5.41 Å². The predicted octanol–water partition coefficient (Wildman–Crippen LogP) is 4.80. The normalized spacial score (nSPS) is 11.8. The van der Waals surface area contributed by atoms with E-state index in [4.69, 9.17) is 17.0 Å². The minimum absolute atomic E-state index is 0.102. The molecule has 0 aliphatic heterocycles. The Morgan fingerprint density at radius 1 is 1.12 bits per heavy atom. The van der Waals surface area contributed by atoms with Crippen molar-refractivity contribution in [1.29, 1.82) is 0 Å². The third kappa shape index (κ3) is 3.75. The van der Waals surface area contributed by atoms with Crippen molar-refractivity contribution in [3.8, 4) is 17.1 Å². The molecule has 0 saturated carbocycles. The summed E-state index contributed by atoms with van der Waals surface area (Å²) in [6.45, 7) is 6.57. The molecule has 0 bridgehead atoms. The Kier molecular flexibility index (Phi) is 5.04. The van der Waals surface area contributed by atoms with Gasteiger partial charge in [-0.25, -0.2) is 5.10 Å². The van der Waals surface area contributed by atoms with Gasteiger partial charge >= 0.3 is 0 Å². The molecule has 5 nitrogen and oxygen atoms in total. The van der Waals surface area contributed by atoms with Crippen molar-refractivity contribution in [2.24, 2.45) is 5.10 Å². The molecular formula is C20H22N4OS. The molecule has 1 heterocycles. The second-order valence-corrected chi connectivity index (χ2v) is 7.36. The van der Waals surface area contributed by atoms with E-state index in [9.17, 15) is 0 Å². The zero-order valence-electron chi connectivity index (χ0n) is 15.4. The molecule has 0 aliphatic carbocycles. The van der Waals surface area contributed by atoms with Gasteiger partial charge in [-0.3, -0.25) is 0 Å². The molecule has 0 amide bonds. The number of H-pyrrole nitrogens is 1. The maximum Gasteiger partial charge on any atom is 0.216 e. The smallest absolute Gasteiger partial charge is 0.216 e. The fourth-order valence-corrected chi connectivity index (χ4v) is 2.78. The Hall–Kier alpha value is -2.73. The number of hydrogen-bond donors (Lipinski definition) is 1. The fourth-order valence-electron chi connectivity index (χ4n) is 2.60. The minimum atomic E-state index is 0.102. The summed E-state index contributed by atoms with van der Waals surface area (Å²) < 4.78 is 7.41. The Morgan fingerprint density at radius 2 is 1.81 bits per heavy atom. The predicted molar refractivity (Wildman–Crippen MR) is 108 cm³/mol. The van der Waals surface area contributed by atoms with Crippen LogP contribution >= 0.6 is 12.2 Å². The van der Waals surface area contributed by atoms with Gasteiger partial charge < -0.3 is 4.74 Å². The molecule has 0 fully saturated rings. The van der Waals surface area contributed by atoms with Crippen LogP contribution in [0.5, 0.6) is 5.75 Å². The lowest BCUT2D eigenvalue weighted by Crippen LogP contribution is -2.10. The third-order valence-electron chi connectivity index (χ3n) is 4.11. The number of benzene rings is 2. The summed E-state index contributed by atoms with van der Waals surface area (Å²) in [5.74, 6) is 1.42. The third-order valence-corrected chi connectivity index (χ3v) is 4.38. The Bertz CT molecular complexity index is 978. The number of rotatable bonds is 4. The van der Waals surface area contributed by atoms with E-state index in [1.807, 2.05) is 36.4 Å². The number of hydrogen-bond acceptors (Lipinski definition) is 4. The zero-order valence-corrected chi connectivity index (χ0v) is 16.2. The first-order valence-corrected chi connectivity index (χ1v) is 8.76. The van der Waals surface area contributed by atoms with Crippen molar-refractivity contribution in [1.82, 2.24) is 14.9 Å². The largest absolute Gasteiger partial charge is 0.496 e. The maximum absolute atomic E-state index is 5.36. The van der Waals surface area contributed by atoms with E-state index < -0.39 is 0 Å². The summed E-state index contributed by atoms with van der Waals surface area (Å²) in [6.07, 6.45) is 1.72. The number of nitrogens with one attached hydrogen (secondary N) is 1. The maximum atomic E-state index is 5.36. The summed E-state index contributed by atoms with van der Waals surface area (Å²) in [6, 6.07) is 16.0. The van der Waals surface area contributed by atoms with E-state index in [1.54, 1.807) is 18.0 Å². The van der Waals surface area contributed by atoms with Gasteiger partial charge in [-0.05, 0) is 35.3 Å². The number of aromatic nitrogens is 3. The SMILES string of the molecule is COc1ccccc1/C=N/n1c(-c2ccc(C(C)(C)C)cc2)n[nH]c1=S. The summed E-state index contributed by atoms with van der Waals surface area (Å²) in [5, 5.41) is 11.7. The molecule has 0 radical (unpaired) electrons. The first-order valence-electron chi connectivity index (χ1n) is 8.36. The van der Waals surface area contributed by atoms with E-state index in [1.165, 1.54) is 5.56 Å². The van der Waals surface area contributed by atoms with Crippen molar-refractivity contribution >= 4 is 18.4 Å². The molecule has 1 aromatic heterocycles. The second-order valence-electron chi connectivity index (χ2n) is 6.98. The molecule has 0 atom stereocenters. The molecule has 3 rings (SSSR count). The highest BCUT2D eigenvalue weighted by molar-refractivity contribution is 7.71. The highest BCUT2D eigenvalue weighted by Crippen LogP contribution is 2.25. The molecule has 0 aliphatic rings. The molecule has 3 aromatic rings. The number of ether oxygens (including phenoxy) is 1. The zero-order chi connectivity index (χ0) is 18.7. The summed E-state index contributed by atoms with van der Waals surface area (Å²) in [7, 11) is 1.64. The lowest BCUT2D eigenvalue weighted by atomic mass is 9.87. The molecule has 1 N–H and O–H groups in total. The van der Waals surface area contributed by atoms with Gasteiger partial charge in [-0.1, -0.05) is 57.2 Å². The van der Waals surface area contributed by atoms with Gasteiger partial charge in [0.05, 0.1) is 13.3 Å². The monoisotopic (exact) mass is 366 g/mol. The molecule has 2 aromatic carbocycles. The van der Waals surface area contributed by atoms with Gasteiger partial charge in [-0.2, -0.15) is 14.9 Å². The standard InChI is InChI=1S/C20H22N4OS/c1-20(2,3)16-11-9-14(10-12-16)18-22-23-19(26)24(18)21-13-15-7-5-6-8-17(15)25-4/h5-13H,1-4H3,(H,23,26)/b21-13+. The van der Waals surface area contributed by atoms with E-state index in [2.05, 4.69) is 48.2 Å². The Balaban J connectivity index is 1.97. The van der Waals surface area contributed by atoms with Crippen LogP contribution in [0.2, 0.25) is 0 Å². The van der Waals surface area contributed by atoms with Crippen molar-refractivity contribution in [2.45, 2.75) is 26.2 Å². The first kappa shape index (κ1) is 18.1. The highest BCUT2D eigenvalue weighted by atomic mass is 32.1. The van der Waals surface area contributed by atoms with E-state index >= 15 is 0 Å². The molecule has 0 saturated heterocycles. The van der Waals surface area contributed by atoms with Crippen LogP contribution in [0.4, 0.5) is 0 Å². The van der Waals surface area contributed by atoms with Gasteiger partial charge in [0.1, 0.15) is 5.75 Å². The van der Waals surface area contributed by atoms with Gasteiger partial charge in [0.2, 0.25) is 4.77 Å². The van der Waals surface area contributed by atoms with Gasteiger partial charge in [0, 0.05) is 11.1 Å². The van der Waals surface area contributed by atoms with Crippen molar-refractivity contribution in [3.05, 3.63) is 64.4 Å². The molecule has 0 unspecified atom stereocenters. The Morgan fingerprint density at radius 3 is 2.46 bits per heavy atom. The van der Waals surface area contributed by atoms with Crippen molar-refractivity contribution < 1.29 is 4.74 Å². The fraction of sp³-hybridized carbons (Fsp3) is 0.250. The quantitative estimate of drug-likeness (QED) is 0.533. The van der Waals surface area contributed by atoms with Gasteiger partial charge in [0.25, 0.3) is 0 Å². The van der Waals surface area contributed by atoms with Crippen molar-refractivity contribution in [2.75, 3.05) is 7.11 Å². The van der Waals surface area contributed by atoms with Crippen LogP contribution in [0.25, 0.3) is 11.4 Å². The topological polar surface area (TPSA) is 55.2 Å². The van der Waals surface area contributed by atoms with Crippen LogP contribution in [0.15, 0.2) is 53.6 Å². The van der Waals surface area contributed by atoms with E-state index in [0.717, 1.165) is 16.9 Å². The lowest BCUT2D eigenvalue weighted by molar-refractivity contribution is 0.414. The summed E-state index contributed by atoms with van der Waals surface area (Å²) in [4.78, 5) is 0. The van der Waals surface area contributed by atoms with E-state index in [0.29, 0.717) is 10.6 Å². The molecule has 0 spiro atoms. The molecule has 134 valence electrons. The van der Waals surface area contributed by atoms with Crippen LogP contribution < -0.4 is 4.74 Å². The van der Waals surface area contributed by atoms with Crippen LogP contribution in [0.3, 0.4) is 0 Å². The van der Waals surface area contributed by atoms with Gasteiger partial charge in [-0.15, -0.1) is 0 Å². The lowest BCUT2D eigenvalue weighted by Gasteiger charge is -2.18. The molecule has 6 heteroatoms. The van der Waals surface area contributed by atoms with Crippen LogP contribution in [0, 0.1) is 4.77 Å².